The summed E-state index contributed by atoms with van der Waals surface area (Å²) in [4.78, 5) is 17.6. The lowest BCUT2D eigenvalue weighted by atomic mass is 10.1. The highest BCUT2D eigenvalue weighted by molar-refractivity contribution is 7.90. The SMILES string of the molecule is C=CCn1c(=NC(=O)Cc2ccc(OC)c(C)c2)sc2cc(S(C)(=O)=O)ccc21. The van der Waals surface area contributed by atoms with Gasteiger partial charge in [0.05, 0.1) is 28.6 Å². The van der Waals surface area contributed by atoms with Crippen molar-refractivity contribution in [3.63, 3.8) is 0 Å². The van der Waals surface area contributed by atoms with Gasteiger partial charge in [-0.3, -0.25) is 4.79 Å². The quantitative estimate of drug-likeness (QED) is 0.562. The maximum atomic E-state index is 12.6. The predicted molar refractivity (Wildman–Crippen MR) is 115 cm³/mol. The van der Waals surface area contributed by atoms with Crippen LogP contribution >= 0.6 is 11.3 Å². The Balaban J connectivity index is 2.01. The van der Waals surface area contributed by atoms with E-state index in [0.29, 0.717) is 11.3 Å². The van der Waals surface area contributed by atoms with Crippen LogP contribution in [0.15, 0.2) is 58.9 Å². The third kappa shape index (κ3) is 4.65. The molecule has 0 spiro atoms. The number of methoxy groups -OCH3 is 1. The Morgan fingerprint density at radius 1 is 1.28 bits per heavy atom. The van der Waals surface area contributed by atoms with E-state index in [2.05, 4.69) is 11.6 Å². The number of hydrogen-bond acceptors (Lipinski definition) is 5. The zero-order valence-electron chi connectivity index (χ0n) is 16.5. The molecule has 1 amide bonds. The minimum absolute atomic E-state index is 0.168. The number of benzene rings is 2. The molecule has 0 radical (unpaired) electrons. The number of nitrogens with zero attached hydrogens (tertiary/aromatic N) is 2. The predicted octanol–water partition coefficient (Wildman–Crippen LogP) is 3.28. The molecule has 0 N–H and O–H groups in total. The Kier molecular flexibility index (Phi) is 6.04. The van der Waals surface area contributed by atoms with Gasteiger partial charge in [0, 0.05) is 12.8 Å². The standard InChI is InChI=1S/C21H22N2O4S2/c1-5-10-23-17-8-7-16(29(4,25)26)13-19(17)28-21(23)22-20(24)12-15-6-9-18(27-3)14(2)11-15/h5-9,11,13H,1,10,12H2,2-4H3. The molecule has 0 unspecified atom stereocenters. The summed E-state index contributed by atoms with van der Waals surface area (Å²) < 4.78 is 31.5. The van der Waals surface area contributed by atoms with E-state index >= 15 is 0 Å². The van der Waals surface area contributed by atoms with Crippen LogP contribution in [0.1, 0.15) is 11.1 Å². The summed E-state index contributed by atoms with van der Waals surface area (Å²) in [6, 6.07) is 10.5. The zero-order chi connectivity index (χ0) is 21.2. The van der Waals surface area contributed by atoms with Gasteiger partial charge in [-0.25, -0.2) is 8.42 Å². The molecule has 1 aromatic heterocycles. The maximum Gasteiger partial charge on any atom is 0.252 e. The second-order valence-electron chi connectivity index (χ2n) is 6.67. The molecule has 6 nitrogen and oxygen atoms in total. The van der Waals surface area contributed by atoms with Crippen molar-refractivity contribution in [3.8, 4) is 5.75 Å². The number of fused-ring (bicyclic) bond motifs is 1. The van der Waals surface area contributed by atoms with E-state index in [1.807, 2.05) is 29.7 Å². The van der Waals surface area contributed by atoms with Crippen molar-refractivity contribution in [1.82, 2.24) is 4.57 Å². The van der Waals surface area contributed by atoms with E-state index in [1.54, 1.807) is 31.4 Å². The third-order valence-corrected chi connectivity index (χ3v) is 6.58. The summed E-state index contributed by atoms with van der Waals surface area (Å²) >= 11 is 1.29. The van der Waals surface area contributed by atoms with Crippen LogP contribution in [-0.4, -0.2) is 32.3 Å². The number of hydrogen-bond donors (Lipinski definition) is 0. The van der Waals surface area contributed by atoms with Gasteiger partial charge in [0.15, 0.2) is 14.6 Å². The van der Waals surface area contributed by atoms with Crippen LogP contribution in [0.5, 0.6) is 5.75 Å². The Morgan fingerprint density at radius 2 is 2.03 bits per heavy atom. The number of aryl methyl sites for hydroxylation is 1. The molecule has 0 aliphatic rings. The first-order chi connectivity index (χ1) is 13.7. The molecule has 29 heavy (non-hydrogen) atoms. The van der Waals surface area contributed by atoms with Gasteiger partial charge >= 0.3 is 0 Å². The van der Waals surface area contributed by atoms with Crippen LogP contribution < -0.4 is 9.54 Å². The highest BCUT2D eigenvalue weighted by Crippen LogP contribution is 2.22. The topological polar surface area (TPSA) is 77.7 Å². The third-order valence-electron chi connectivity index (χ3n) is 4.43. The van der Waals surface area contributed by atoms with Crippen molar-refractivity contribution in [2.45, 2.75) is 24.8 Å². The average Bonchev–Trinajstić information content (AvgIpc) is 2.98. The Morgan fingerprint density at radius 3 is 2.66 bits per heavy atom. The maximum absolute atomic E-state index is 12.6. The van der Waals surface area contributed by atoms with E-state index in [4.69, 9.17) is 4.74 Å². The number of thiazole rings is 1. The van der Waals surface area contributed by atoms with E-state index in [-0.39, 0.29) is 17.2 Å². The lowest BCUT2D eigenvalue weighted by Gasteiger charge is -2.06. The highest BCUT2D eigenvalue weighted by atomic mass is 32.2. The Labute approximate surface area is 173 Å². The van der Waals surface area contributed by atoms with E-state index in [9.17, 15) is 13.2 Å². The summed E-state index contributed by atoms with van der Waals surface area (Å²) in [6.07, 6.45) is 3.06. The monoisotopic (exact) mass is 430 g/mol. The lowest BCUT2D eigenvalue weighted by molar-refractivity contribution is -0.117. The number of ether oxygens (including phenoxy) is 1. The number of amides is 1. The van der Waals surface area contributed by atoms with E-state index < -0.39 is 9.84 Å². The van der Waals surface area contributed by atoms with Crippen molar-refractivity contribution in [1.29, 1.82) is 0 Å². The van der Waals surface area contributed by atoms with Gasteiger partial charge in [-0.2, -0.15) is 4.99 Å². The molecule has 0 fully saturated rings. The van der Waals surface area contributed by atoms with Gasteiger partial charge in [-0.15, -0.1) is 6.58 Å². The first-order valence-corrected chi connectivity index (χ1v) is 11.6. The van der Waals surface area contributed by atoms with Gasteiger partial charge in [0.1, 0.15) is 5.75 Å². The minimum Gasteiger partial charge on any atom is -0.496 e. The summed E-state index contributed by atoms with van der Waals surface area (Å²) in [6.45, 7) is 6.15. The molecule has 0 aliphatic carbocycles. The number of carbonyl (C=O) groups excluding carboxylic acids is 1. The molecule has 0 bridgehead atoms. The first-order valence-electron chi connectivity index (χ1n) is 8.88. The minimum atomic E-state index is -3.31. The average molecular weight is 431 g/mol. The van der Waals surface area contributed by atoms with Crippen molar-refractivity contribution in [2.75, 3.05) is 13.4 Å². The number of allylic oxidation sites excluding steroid dienone is 1. The molecule has 152 valence electrons. The molecule has 3 rings (SSSR count). The van der Waals surface area contributed by atoms with E-state index in [1.165, 1.54) is 17.6 Å². The first kappa shape index (κ1) is 21.0. The van der Waals surface area contributed by atoms with Gasteiger partial charge in [-0.05, 0) is 42.3 Å². The fourth-order valence-electron chi connectivity index (χ4n) is 3.05. The fraction of sp³-hybridized carbons (Fsp3) is 0.238. The van der Waals surface area contributed by atoms with Crippen LogP contribution in [0.3, 0.4) is 0 Å². The molecule has 1 heterocycles. The Hall–Kier alpha value is -2.71. The second-order valence-corrected chi connectivity index (χ2v) is 9.70. The van der Waals surface area contributed by atoms with Crippen LogP contribution in [0.25, 0.3) is 10.2 Å². The fourth-order valence-corrected chi connectivity index (χ4v) is 4.86. The second kappa shape index (κ2) is 8.34. The van der Waals surface area contributed by atoms with Crippen molar-refractivity contribution in [2.24, 2.45) is 4.99 Å². The smallest absolute Gasteiger partial charge is 0.252 e. The van der Waals surface area contributed by atoms with Gasteiger partial charge in [-0.1, -0.05) is 29.5 Å². The zero-order valence-corrected chi connectivity index (χ0v) is 18.1. The van der Waals surface area contributed by atoms with E-state index in [0.717, 1.165) is 27.1 Å². The summed E-state index contributed by atoms with van der Waals surface area (Å²) in [5.41, 5.74) is 2.62. The van der Waals surface area contributed by atoms with Gasteiger partial charge in [0.2, 0.25) is 0 Å². The molecule has 3 aromatic rings. The molecular formula is C21H22N2O4S2. The van der Waals surface area contributed by atoms with Crippen molar-refractivity contribution < 1.29 is 17.9 Å². The van der Waals surface area contributed by atoms with Crippen LogP contribution in [0, 0.1) is 6.92 Å². The van der Waals surface area contributed by atoms with Gasteiger partial charge < -0.3 is 9.30 Å². The molecule has 2 aromatic carbocycles. The number of aromatic nitrogens is 1. The molecule has 0 saturated heterocycles. The summed E-state index contributed by atoms with van der Waals surface area (Å²) in [5.74, 6) is 0.496. The normalized spacial score (nSPS) is 12.3. The van der Waals surface area contributed by atoms with Crippen molar-refractivity contribution >= 4 is 37.3 Å². The van der Waals surface area contributed by atoms with Crippen molar-refractivity contribution in [3.05, 3.63) is 65.0 Å². The molecular weight excluding hydrogens is 408 g/mol. The highest BCUT2D eigenvalue weighted by Gasteiger charge is 2.13. The number of carbonyl (C=O) groups is 1. The molecule has 0 aliphatic heterocycles. The summed E-state index contributed by atoms with van der Waals surface area (Å²) in [7, 11) is -1.71. The number of rotatable bonds is 6. The Bertz CT molecular complexity index is 1270. The lowest BCUT2D eigenvalue weighted by Crippen LogP contribution is -2.17. The summed E-state index contributed by atoms with van der Waals surface area (Å²) in [5, 5.41) is 0. The molecule has 0 saturated carbocycles. The molecule has 8 heteroatoms. The van der Waals surface area contributed by atoms with Crippen LogP contribution in [0.2, 0.25) is 0 Å². The molecule has 0 atom stereocenters. The van der Waals surface area contributed by atoms with Crippen LogP contribution in [-0.2, 0) is 27.6 Å². The number of sulfone groups is 1. The van der Waals surface area contributed by atoms with Gasteiger partial charge in [0.25, 0.3) is 5.91 Å². The largest absolute Gasteiger partial charge is 0.496 e. The van der Waals surface area contributed by atoms with Crippen LogP contribution in [0.4, 0.5) is 0 Å².